The minimum absolute atomic E-state index is 0.130. The number of hydrogen-bond donors (Lipinski definition) is 1. The van der Waals surface area contributed by atoms with E-state index in [0.717, 1.165) is 16.8 Å². The quantitative estimate of drug-likeness (QED) is 0.864. The highest BCUT2D eigenvalue weighted by atomic mass is 16.5. The van der Waals surface area contributed by atoms with Gasteiger partial charge in [0, 0.05) is 5.54 Å². The third-order valence-corrected chi connectivity index (χ3v) is 3.86. The van der Waals surface area contributed by atoms with Crippen molar-refractivity contribution in [3.05, 3.63) is 18.2 Å². The summed E-state index contributed by atoms with van der Waals surface area (Å²) < 4.78 is 7.49. The predicted molar refractivity (Wildman–Crippen MR) is 68.2 cm³/mol. The van der Waals surface area contributed by atoms with Gasteiger partial charge in [0.1, 0.15) is 11.3 Å². The molecule has 1 heterocycles. The number of para-hydroxylation sites is 1. The molecule has 0 amide bonds. The van der Waals surface area contributed by atoms with Gasteiger partial charge in [-0.05, 0) is 38.3 Å². The molecule has 0 saturated heterocycles. The normalized spacial score (nSPS) is 18.0. The topological polar surface area (TPSA) is 53.1 Å². The monoisotopic (exact) mass is 231 g/mol. The predicted octanol–water partition coefficient (Wildman–Crippen LogP) is 2.53. The van der Waals surface area contributed by atoms with E-state index < -0.39 is 0 Å². The van der Waals surface area contributed by atoms with Crippen molar-refractivity contribution in [3.8, 4) is 5.75 Å². The van der Waals surface area contributed by atoms with Crippen LogP contribution in [0.15, 0.2) is 18.2 Å². The second kappa shape index (κ2) is 3.39. The van der Waals surface area contributed by atoms with Crippen LogP contribution in [0.3, 0.4) is 0 Å². The Bertz CT molecular complexity index is 569. The Morgan fingerprint density at radius 1 is 1.41 bits per heavy atom. The van der Waals surface area contributed by atoms with E-state index in [1.54, 1.807) is 7.11 Å². The Morgan fingerprint density at radius 3 is 2.76 bits per heavy atom. The van der Waals surface area contributed by atoms with E-state index in [2.05, 4.69) is 22.5 Å². The molecule has 1 aliphatic carbocycles. The summed E-state index contributed by atoms with van der Waals surface area (Å²) >= 11 is 0. The van der Waals surface area contributed by atoms with Gasteiger partial charge in [-0.15, -0.1) is 0 Å². The fourth-order valence-electron chi connectivity index (χ4n) is 2.74. The second-order valence-corrected chi connectivity index (χ2v) is 4.98. The maximum Gasteiger partial charge on any atom is 0.201 e. The van der Waals surface area contributed by atoms with Gasteiger partial charge >= 0.3 is 0 Å². The number of methoxy groups -OCH3 is 1. The van der Waals surface area contributed by atoms with Crippen LogP contribution in [0.1, 0.15) is 26.2 Å². The van der Waals surface area contributed by atoms with Crippen molar-refractivity contribution >= 4 is 17.0 Å². The molecule has 90 valence electrons. The van der Waals surface area contributed by atoms with Crippen LogP contribution >= 0.6 is 0 Å². The average Bonchev–Trinajstić information content (AvgIpc) is 2.62. The number of rotatable bonds is 2. The number of nitrogens with zero attached hydrogens (tertiary/aromatic N) is 2. The van der Waals surface area contributed by atoms with Gasteiger partial charge in [0.05, 0.1) is 12.6 Å². The van der Waals surface area contributed by atoms with Crippen LogP contribution in [0.4, 0.5) is 5.95 Å². The van der Waals surface area contributed by atoms with E-state index in [-0.39, 0.29) is 5.54 Å². The zero-order chi connectivity index (χ0) is 12.0. The lowest BCUT2D eigenvalue weighted by Crippen LogP contribution is -2.37. The number of nitrogens with two attached hydrogens (primary N) is 1. The van der Waals surface area contributed by atoms with Crippen LogP contribution in [-0.4, -0.2) is 16.7 Å². The first-order valence-corrected chi connectivity index (χ1v) is 5.97. The van der Waals surface area contributed by atoms with Gasteiger partial charge in [-0.25, -0.2) is 4.98 Å². The standard InChI is InChI=1S/C13H17N3O/c1-13(7-4-8-13)16-9-5-3-6-10(17-2)11(9)15-12(16)14/h3,5-6H,4,7-8H2,1-2H3,(H2,14,15). The maximum absolute atomic E-state index is 6.07. The number of imidazole rings is 1. The van der Waals surface area contributed by atoms with Gasteiger partial charge in [0.15, 0.2) is 0 Å². The van der Waals surface area contributed by atoms with E-state index in [4.69, 9.17) is 10.5 Å². The van der Waals surface area contributed by atoms with Crippen molar-refractivity contribution in [1.29, 1.82) is 0 Å². The molecule has 1 fully saturated rings. The molecule has 17 heavy (non-hydrogen) atoms. The molecule has 4 nitrogen and oxygen atoms in total. The summed E-state index contributed by atoms with van der Waals surface area (Å²) in [6.45, 7) is 2.24. The minimum atomic E-state index is 0.130. The third-order valence-electron chi connectivity index (χ3n) is 3.86. The van der Waals surface area contributed by atoms with Crippen LogP contribution in [0, 0.1) is 0 Å². The van der Waals surface area contributed by atoms with E-state index in [1.165, 1.54) is 19.3 Å². The lowest BCUT2D eigenvalue weighted by Gasteiger charge is -2.40. The van der Waals surface area contributed by atoms with Gasteiger partial charge in [-0.2, -0.15) is 0 Å². The Labute approximate surface area is 100 Å². The summed E-state index contributed by atoms with van der Waals surface area (Å²) in [6.07, 6.45) is 3.60. The summed E-state index contributed by atoms with van der Waals surface area (Å²) in [7, 11) is 1.66. The van der Waals surface area contributed by atoms with Crippen LogP contribution < -0.4 is 10.5 Å². The summed E-state index contributed by atoms with van der Waals surface area (Å²) in [5.74, 6) is 1.38. The molecule has 2 N–H and O–H groups in total. The zero-order valence-corrected chi connectivity index (χ0v) is 10.2. The highest BCUT2D eigenvalue weighted by Crippen LogP contribution is 2.43. The third kappa shape index (κ3) is 1.33. The fourth-order valence-corrected chi connectivity index (χ4v) is 2.74. The summed E-state index contributed by atoms with van der Waals surface area (Å²) in [4.78, 5) is 4.45. The van der Waals surface area contributed by atoms with E-state index in [0.29, 0.717) is 5.95 Å². The van der Waals surface area contributed by atoms with Gasteiger partial charge in [0.25, 0.3) is 0 Å². The molecule has 0 aliphatic heterocycles. The van der Waals surface area contributed by atoms with Crippen molar-refractivity contribution in [2.24, 2.45) is 0 Å². The first-order chi connectivity index (χ1) is 8.15. The summed E-state index contributed by atoms with van der Waals surface area (Å²) in [5, 5.41) is 0. The second-order valence-electron chi connectivity index (χ2n) is 4.98. The average molecular weight is 231 g/mol. The van der Waals surface area contributed by atoms with E-state index in [1.807, 2.05) is 12.1 Å². The highest BCUT2D eigenvalue weighted by molar-refractivity contribution is 5.84. The van der Waals surface area contributed by atoms with Crippen LogP contribution in [0.5, 0.6) is 5.75 Å². The molecule has 1 aliphatic rings. The SMILES string of the molecule is COc1cccc2c1nc(N)n2C1(C)CCC1. The van der Waals surface area contributed by atoms with Crippen molar-refractivity contribution in [3.63, 3.8) is 0 Å². The number of anilines is 1. The molecule has 0 atom stereocenters. The Morgan fingerprint density at radius 2 is 2.18 bits per heavy atom. The van der Waals surface area contributed by atoms with Crippen LogP contribution in [0.2, 0.25) is 0 Å². The largest absolute Gasteiger partial charge is 0.494 e. The van der Waals surface area contributed by atoms with Gasteiger partial charge in [0.2, 0.25) is 5.95 Å². The van der Waals surface area contributed by atoms with Crippen molar-refractivity contribution in [1.82, 2.24) is 9.55 Å². The number of aromatic nitrogens is 2. The number of nitrogen functional groups attached to an aromatic ring is 1. The van der Waals surface area contributed by atoms with Crippen molar-refractivity contribution in [2.45, 2.75) is 31.7 Å². The number of benzene rings is 1. The lowest BCUT2D eigenvalue weighted by molar-refractivity contribution is 0.177. The number of ether oxygens (including phenoxy) is 1. The molecular weight excluding hydrogens is 214 g/mol. The Balaban J connectivity index is 2.28. The van der Waals surface area contributed by atoms with Crippen LogP contribution in [-0.2, 0) is 5.54 Å². The van der Waals surface area contributed by atoms with Crippen molar-refractivity contribution < 1.29 is 4.74 Å². The fraction of sp³-hybridized carbons (Fsp3) is 0.462. The molecular formula is C13H17N3O. The van der Waals surface area contributed by atoms with E-state index in [9.17, 15) is 0 Å². The van der Waals surface area contributed by atoms with Gasteiger partial charge in [-0.3, -0.25) is 0 Å². The molecule has 0 radical (unpaired) electrons. The summed E-state index contributed by atoms with van der Waals surface area (Å²) in [5.41, 5.74) is 8.13. The van der Waals surface area contributed by atoms with Crippen LogP contribution in [0.25, 0.3) is 11.0 Å². The van der Waals surface area contributed by atoms with Gasteiger partial charge in [-0.1, -0.05) is 6.07 Å². The Hall–Kier alpha value is -1.71. The molecule has 0 unspecified atom stereocenters. The smallest absolute Gasteiger partial charge is 0.201 e. The van der Waals surface area contributed by atoms with Crippen molar-refractivity contribution in [2.75, 3.05) is 12.8 Å². The Kier molecular flexibility index (Phi) is 2.08. The first kappa shape index (κ1) is 10.4. The molecule has 2 aromatic rings. The minimum Gasteiger partial charge on any atom is -0.494 e. The molecule has 1 aromatic heterocycles. The zero-order valence-electron chi connectivity index (χ0n) is 10.2. The highest BCUT2D eigenvalue weighted by Gasteiger charge is 2.36. The number of hydrogen-bond acceptors (Lipinski definition) is 3. The molecule has 1 saturated carbocycles. The summed E-state index contributed by atoms with van der Waals surface area (Å²) in [6, 6.07) is 5.97. The maximum atomic E-state index is 6.07. The molecule has 0 spiro atoms. The molecule has 0 bridgehead atoms. The molecule has 1 aromatic carbocycles. The van der Waals surface area contributed by atoms with E-state index >= 15 is 0 Å². The lowest BCUT2D eigenvalue weighted by atomic mass is 9.78. The van der Waals surface area contributed by atoms with Gasteiger partial charge < -0.3 is 15.0 Å². The first-order valence-electron chi connectivity index (χ1n) is 5.97. The molecule has 3 rings (SSSR count). The number of fused-ring (bicyclic) bond motifs is 1. The molecule has 4 heteroatoms.